The van der Waals surface area contributed by atoms with Gasteiger partial charge in [-0.3, -0.25) is 4.79 Å². The summed E-state index contributed by atoms with van der Waals surface area (Å²) >= 11 is 0. The number of fused-ring (bicyclic) bond motifs is 1. The number of aliphatic imine (C=N–C) groups is 1. The second kappa shape index (κ2) is 7.83. The van der Waals surface area contributed by atoms with Crippen LogP contribution in [0.25, 0.3) is 0 Å². The molecule has 0 spiro atoms. The molecular weight excluding hydrogens is 324 g/mol. The van der Waals surface area contributed by atoms with E-state index >= 15 is 0 Å². The number of hydrogen-bond donors (Lipinski definition) is 1. The molecule has 0 aromatic heterocycles. The summed E-state index contributed by atoms with van der Waals surface area (Å²) in [5, 5.41) is 3.47. The molecule has 2 aromatic carbocycles. The third-order valence-electron chi connectivity index (χ3n) is 5.19. The molecule has 26 heavy (non-hydrogen) atoms. The topological polar surface area (TPSA) is 50.7 Å². The van der Waals surface area contributed by atoms with Crippen molar-refractivity contribution in [1.29, 1.82) is 0 Å². The smallest absolute Gasteiger partial charge is 0.313 e. The highest BCUT2D eigenvalue weighted by Crippen LogP contribution is 2.27. The second-order valence-corrected chi connectivity index (χ2v) is 7.22. The van der Waals surface area contributed by atoms with E-state index < -0.39 is 0 Å². The highest BCUT2D eigenvalue weighted by Gasteiger charge is 2.25. The average molecular weight is 348 g/mol. The van der Waals surface area contributed by atoms with Gasteiger partial charge < -0.3 is 10.1 Å². The molecule has 1 saturated heterocycles. The van der Waals surface area contributed by atoms with Crippen LogP contribution in [-0.2, 0) is 22.4 Å². The molecule has 0 amide bonds. The maximum Gasteiger partial charge on any atom is 0.313 e. The van der Waals surface area contributed by atoms with Crippen molar-refractivity contribution in [2.24, 2.45) is 10.9 Å². The molecule has 2 aliphatic rings. The van der Waals surface area contributed by atoms with Crippen molar-refractivity contribution in [2.75, 3.05) is 6.54 Å². The van der Waals surface area contributed by atoms with E-state index in [0.29, 0.717) is 24.7 Å². The SMILES string of the molecule is O=C(CC1CC(Cc2ccccc2)CCN1)OC1=Nc2ccccc2C1. The summed E-state index contributed by atoms with van der Waals surface area (Å²) in [5.41, 5.74) is 3.40. The third kappa shape index (κ3) is 4.20. The van der Waals surface area contributed by atoms with E-state index in [1.165, 1.54) is 5.56 Å². The number of esters is 1. The van der Waals surface area contributed by atoms with Crippen LogP contribution >= 0.6 is 0 Å². The molecule has 0 bridgehead atoms. The van der Waals surface area contributed by atoms with Gasteiger partial charge in [0.1, 0.15) is 0 Å². The van der Waals surface area contributed by atoms with Crippen molar-refractivity contribution in [3.63, 3.8) is 0 Å². The molecule has 134 valence electrons. The number of nitrogens with zero attached hydrogens (tertiary/aromatic N) is 1. The van der Waals surface area contributed by atoms with Crippen LogP contribution in [0, 0.1) is 5.92 Å². The van der Waals surface area contributed by atoms with Crippen LogP contribution in [0.2, 0.25) is 0 Å². The van der Waals surface area contributed by atoms with E-state index in [9.17, 15) is 4.79 Å². The van der Waals surface area contributed by atoms with Gasteiger partial charge in [-0.1, -0.05) is 48.5 Å². The average Bonchev–Trinajstić information content (AvgIpc) is 3.05. The Morgan fingerprint density at radius 2 is 1.92 bits per heavy atom. The zero-order valence-corrected chi connectivity index (χ0v) is 14.9. The summed E-state index contributed by atoms with van der Waals surface area (Å²) in [5.74, 6) is 0.951. The Kier molecular flexibility index (Phi) is 5.12. The molecule has 0 radical (unpaired) electrons. The largest absolute Gasteiger partial charge is 0.411 e. The van der Waals surface area contributed by atoms with E-state index in [1.807, 2.05) is 24.3 Å². The van der Waals surface area contributed by atoms with Crippen LogP contribution in [0.3, 0.4) is 0 Å². The fourth-order valence-electron chi connectivity index (χ4n) is 3.92. The number of para-hydroxylation sites is 1. The van der Waals surface area contributed by atoms with Gasteiger partial charge in [0, 0.05) is 6.04 Å². The Bertz CT molecular complexity index is 801. The molecule has 2 aliphatic heterocycles. The fourth-order valence-corrected chi connectivity index (χ4v) is 3.92. The van der Waals surface area contributed by atoms with Gasteiger partial charge in [-0.25, -0.2) is 4.99 Å². The van der Waals surface area contributed by atoms with E-state index in [4.69, 9.17) is 4.74 Å². The number of benzene rings is 2. The monoisotopic (exact) mass is 348 g/mol. The van der Waals surface area contributed by atoms with Crippen LogP contribution in [0.5, 0.6) is 0 Å². The molecular formula is C22H24N2O2. The summed E-state index contributed by atoms with van der Waals surface area (Å²) in [4.78, 5) is 16.7. The maximum absolute atomic E-state index is 12.3. The summed E-state index contributed by atoms with van der Waals surface area (Å²) in [6, 6.07) is 18.7. The Labute approximate surface area is 154 Å². The minimum Gasteiger partial charge on any atom is -0.411 e. The Morgan fingerprint density at radius 3 is 2.77 bits per heavy atom. The fraction of sp³-hybridized carbons (Fsp3) is 0.364. The minimum atomic E-state index is -0.186. The molecule has 2 atom stereocenters. The molecule has 2 heterocycles. The lowest BCUT2D eigenvalue weighted by molar-refractivity contribution is -0.136. The van der Waals surface area contributed by atoms with Gasteiger partial charge in [-0.2, -0.15) is 0 Å². The van der Waals surface area contributed by atoms with E-state index in [2.05, 4.69) is 40.6 Å². The molecule has 4 heteroatoms. The Balaban J connectivity index is 1.28. The molecule has 2 unspecified atom stereocenters. The molecule has 0 saturated carbocycles. The molecule has 0 aliphatic carbocycles. The van der Waals surface area contributed by atoms with Crippen LogP contribution in [0.1, 0.15) is 30.4 Å². The molecule has 4 nitrogen and oxygen atoms in total. The number of rotatable bonds is 4. The first-order valence-corrected chi connectivity index (χ1v) is 9.40. The van der Waals surface area contributed by atoms with Gasteiger partial charge in [0.05, 0.1) is 18.5 Å². The lowest BCUT2D eigenvalue weighted by Crippen LogP contribution is -2.40. The number of carbonyl (C=O) groups excluding carboxylic acids is 1. The second-order valence-electron chi connectivity index (χ2n) is 7.22. The molecule has 4 rings (SSSR count). The first kappa shape index (κ1) is 17.0. The summed E-state index contributed by atoms with van der Waals surface area (Å²) in [7, 11) is 0. The normalized spacial score (nSPS) is 21.8. The van der Waals surface area contributed by atoms with Crippen molar-refractivity contribution in [2.45, 2.75) is 38.1 Å². The quantitative estimate of drug-likeness (QED) is 0.855. The standard InChI is InChI=1S/C22H24N2O2/c25-22(26-21-14-18-8-4-5-9-20(18)24-21)15-19-13-17(10-11-23-19)12-16-6-2-1-3-7-16/h1-9,17,19,23H,10-15H2. The van der Waals surface area contributed by atoms with Gasteiger partial charge >= 0.3 is 5.97 Å². The molecule has 2 aromatic rings. The van der Waals surface area contributed by atoms with Crippen molar-refractivity contribution >= 4 is 17.6 Å². The first-order valence-electron chi connectivity index (χ1n) is 9.40. The predicted molar refractivity (Wildman–Crippen MR) is 103 cm³/mol. The van der Waals surface area contributed by atoms with Crippen LogP contribution in [0.4, 0.5) is 5.69 Å². The lowest BCUT2D eigenvalue weighted by atomic mass is 9.86. The highest BCUT2D eigenvalue weighted by molar-refractivity contribution is 5.95. The Hall–Kier alpha value is -2.46. The maximum atomic E-state index is 12.3. The number of nitrogens with one attached hydrogen (secondary N) is 1. The zero-order valence-electron chi connectivity index (χ0n) is 14.9. The number of hydrogen-bond acceptors (Lipinski definition) is 4. The highest BCUT2D eigenvalue weighted by atomic mass is 16.5. The summed E-state index contributed by atoms with van der Waals surface area (Å²) in [6.07, 6.45) is 4.26. The van der Waals surface area contributed by atoms with Crippen molar-refractivity contribution < 1.29 is 9.53 Å². The van der Waals surface area contributed by atoms with Crippen molar-refractivity contribution in [3.8, 4) is 0 Å². The van der Waals surface area contributed by atoms with E-state index in [-0.39, 0.29) is 12.0 Å². The number of ether oxygens (including phenoxy) is 1. The minimum absolute atomic E-state index is 0.186. The van der Waals surface area contributed by atoms with Gasteiger partial charge in [-0.05, 0) is 48.9 Å². The molecule has 1 N–H and O–H groups in total. The van der Waals surface area contributed by atoms with Gasteiger partial charge in [0.15, 0.2) is 0 Å². The van der Waals surface area contributed by atoms with Gasteiger partial charge in [0.2, 0.25) is 5.90 Å². The molecule has 1 fully saturated rings. The predicted octanol–water partition coefficient (Wildman–Crippen LogP) is 3.82. The third-order valence-corrected chi connectivity index (χ3v) is 5.19. The van der Waals surface area contributed by atoms with Crippen LogP contribution in [-0.4, -0.2) is 24.5 Å². The van der Waals surface area contributed by atoms with E-state index in [1.54, 1.807) is 0 Å². The van der Waals surface area contributed by atoms with Crippen LogP contribution in [0.15, 0.2) is 59.6 Å². The van der Waals surface area contributed by atoms with Crippen molar-refractivity contribution in [1.82, 2.24) is 5.32 Å². The van der Waals surface area contributed by atoms with Gasteiger partial charge in [-0.15, -0.1) is 0 Å². The zero-order chi connectivity index (χ0) is 17.8. The van der Waals surface area contributed by atoms with Crippen LogP contribution < -0.4 is 5.32 Å². The first-order chi connectivity index (χ1) is 12.8. The Morgan fingerprint density at radius 1 is 1.12 bits per heavy atom. The van der Waals surface area contributed by atoms with E-state index in [0.717, 1.165) is 37.1 Å². The van der Waals surface area contributed by atoms with Gasteiger partial charge in [0.25, 0.3) is 0 Å². The number of piperidine rings is 1. The summed E-state index contributed by atoms with van der Waals surface area (Å²) < 4.78 is 5.52. The number of carbonyl (C=O) groups is 1. The van der Waals surface area contributed by atoms with Crippen molar-refractivity contribution in [3.05, 3.63) is 65.7 Å². The lowest BCUT2D eigenvalue weighted by Gasteiger charge is -2.30. The summed E-state index contributed by atoms with van der Waals surface area (Å²) in [6.45, 7) is 0.960.